The number of rotatable bonds is 3. The van der Waals surface area contributed by atoms with Crippen molar-refractivity contribution >= 4 is 11.9 Å². The van der Waals surface area contributed by atoms with Gasteiger partial charge in [0.2, 0.25) is 0 Å². The van der Waals surface area contributed by atoms with E-state index >= 15 is 0 Å². The molecule has 1 amide bonds. The van der Waals surface area contributed by atoms with Crippen LogP contribution in [0.1, 0.15) is 42.2 Å². The van der Waals surface area contributed by atoms with Crippen LogP contribution in [-0.2, 0) is 4.79 Å². The second-order valence-corrected chi connectivity index (χ2v) is 6.81. The fraction of sp³-hybridized carbons (Fsp3) is 0.667. The summed E-state index contributed by atoms with van der Waals surface area (Å²) in [6.45, 7) is 0.528. The van der Waals surface area contributed by atoms with Crippen molar-refractivity contribution in [3.8, 4) is 0 Å². The maximum Gasteiger partial charge on any atom is 0.308 e. The zero-order valence-electron chi connectivity index (χ0n) is 12.4. The molecular formula is C15H17F2N3O3. The van der Waals surface area contributed by atoms with E-state index in [0.717, 1.165) is 11.1 Å². The number of amides is 1. The van der Waals surface area contributed by atoms with E-state index in [9.17, 15) is 23.5 Å². The molecule has 1 aromatic heterocycles. The van der Waals surface area contributed by atoms with Gasteiger partial charge in [-0.25, -0.2) is 8.78 Å². The van der Waals surface area contributed by atoms with Gasteiger partial charge < -0.3 is 10.0 Å². The van der Waals surface area contributed by atoms with Crippen molar-refractivity contribution in [2.24, 2.45) is 11.8 Å². The van der Waals surface area contributed by atoms with E-state index in [1.54, 1.807) is 4.90 Å². The van der Waals surface area contributed by atoms with Gasteiger partial charge in [0, 0.05) is 25.2 Å². The number of hydrogen-bond acceptors (Lipinski definition) is 3. The van der Waals surface area contributed by atoms with Crippen molar-refractivity contribution in [3.63, 3.8) is 0 Å². The number of carbonyl (C=O) groups excluding carboxylic acids is 1. The topological polar surface area (TPSA) is 75.4 Å². The molecule has 23 heavy (non-hydrogen) atoms. The highest BCUT2D eigenvalue weighted by molar-refractivity contribution is 5.93. The van der Waals surface area contributed by atoms with Crippen molar-refractivity contribution in [1.82, 2.24) is 14.7 Å². The summed E-state index contributed by atoms with van der Waals surface area (Å²) in [6.07, 6.45) is 3.36. The molecule has 1 unspecified atom stereocenters. The number of aliphatic carboxylic acids is 1. The molecule has 0 spiro atoms. The minimum Gasteiger partial charge on any atom is -0.481 e. The standard InChI is InChI=1S/C15H17F2N3O3/c16-15(17)6-12(15)20-4-3-10(18-20)13(21)19-7-8-1-2-11(19)9(5-8)14(22)23/h3-4,8-9,11-12H,1-2,5-7H2,(H,22,23)/t8-,9-,11+,12?/m1/s1. The lowest BCUT2D eigenvalue weighted by atomic mass is 9.72. The van der Waals surface area contributed by atoms with Crippen LogP contribution < -0.4 is 0 Å². The molecular weight excluding hydrogens is 308 g/mol. The molecule has 0 radical (unpaired) electrons. The zero-order chi connectivity index (χ0) is 16.4. The number of nitrogens with zero attached hydrogens (tertiary/aromatic N) is 3. The summed E-state index contributed by atoms with van der Waals surface area (Å²) in [5.41, 5.74) is 0.115. The van der Waals surface area contributed by atoms with Crippen LogP contribution in [0.4, 0.5) is 8.78 Å². The quantitative estimate of drug-likeness (QED) is 0.919. The van der Waals surface area contributed by atoms with Gasteiger partial charge in [0.05, 0.1) is 5.92 Å². The summed E-state index contributed by atoms with van der Waals surface area (Å²) in [4.78, 5) is 25.6. The van der Waals surface area contributed by atoms with E-state index in [1.807, 2.05) is 0 Å². The molecule has 8 heteroatoms. The van der Waals surface area contributed by atoms with Gasteiger partial charge in [0.1, 0.15) is 11.7 Å². The number of aromatic nitrogens is 2. The Morgan fingerprint density at radius 1 is 1.35 bits per heavy atom. The maximum absolute atomic E-state index is 13.1. The van der Waals surface area contributed by atoms with Gasteiger partial charge in [-0.2, -0.15) is 5.10 Å². The number of fused-ring (bicyclic) bond motifs is 3. The molecule has 2 saturated carbocycles. The van der Waals surface area contributed by atoms with Crippen LogP contribution in [-0.4, -0.2) is 50.2 Å². The van der Waals surface area contributed by atoms with Crippen LogP contribution in [0.25, 0.3) is 0 Å². The third-order valence-corrected chi connectivity index (χ3v) is 5.30. The van der Waals surface area contributed by atoms with E-state index < -0.39 is 23.9 Å². The van der Waals surface area contributed by atoms with Crippen LogP contribution in [0.3, 0.4) is 0 Å². The SMILES string of the molecule is O=C(O)[C@@H]1C[C@H]2CC[C@@H]1N(C(=O)c1ccn(C3CC3(F)F)n1)C2. The lowest BCUT2D eigenvalue weighted by Crippen LogP contribution is -2.57. The molecule has 1 aromatic rings. The predicted octanol–water partition coefficient (Wildman–Crippen LogP) is 1.79. The number of piperidine rings is 2. The lowest BCUT2D eigenvalue weighted by Gasteiger charge is -2.48. The van der Waals surface area contributed by atoms with E-state index in [-0.39, 0.29) is 30.0 Å². The molecule has 4 aliphatic rings. The molecule has 4 atom stereocenters. The Labute approximate surface area is 131 Å². The zero-order valence-corrected chi connectivity index (χ0v) is 12.4. The molecule has 2 bridgehead atoms. The Morgan fingerprint density at radius 2 is 2.09 bits per heavy atom. The molecule has 0 aromatic carbocycles. The Kier molecular flexibility index (Phi) is 3.01. The van der Waals surface area contributed by atoms with E-state index in [2.05, 4.69) is 5.10 Å². The molecule has 1 N–H and O–H groups in total. The van der Waals surface area contributed by atoms with Gasteiger partial charge in [0.15, 0.2) is 0 Å². The van der Waals surface area contributed by atoms with Gasteiger partial charge in [0.25, 0.3) is 11.8 Å². The second-order valence-electron chi connectivity index (χ2n) is 6.81. The monoisotopic (exact) mass is 325 g/mol. The lowest BCUT2D eigenvalue weighted by molar-refractivity contribution is -0.148. The highest BCUT2D eigenvalue weighted by Gasteiger charge is 2.59. The Hall–Kier alpha value is -1.99. The maximum atomic E-state index is 13.1. The van der Waals surface area contributed by atoms with Crippen LogP contribution in [0, 0.1) is 11.8 Å². The summed E-state index contributed by atoms with van der Waals surface area (Å²) < 4.78 is 27.3. The third kappa shape index (κ3) is 2.31. The predicted molar refractivity (Wildman–Crippen MR) is 74.1 cm³/mol. The first-order valence-corrected chi connectivity index (χ1v) is 7.83. The largest absolute Gasteiger partial charge is 0.481 e. The second kappa shape index (κ2) is 4.75. The normalized spacial score (nSPS) is 34.4. The Bertz CT molecular complexity index is 675. The highest BCUT2D eigenvalue weighted by atomic mass is 19.3. The average Bonchev–Trinajstić information content (AvgIpc) is 2.97. The van der Waals surface area contributed by atoms with Crippen molar-refractivity contribution in [1.29, 1.82) is 0 Å². The molecule has 6 nitrogen and oxygen atoms in total. The van der Waals surface area contributed by atoms with E-state index in [4.69, 9.17) is 0 Å². The molecule has 2 saturated heterocycles. The first-order chi connectivity index (χ1) is 10.9. The summed E-state index contributed by atoms with van der Waals surface area (Å²) in [5, 5.41) is 13.3. The number of alkyl halides is 2. The number of hydrogen-bond donors (Lipinski definition) is 1. The first-order valence-electron chi connectivity index (χ1n) is 7.83. The van der Waals surface area contributed by atoms with Gasteiger partial charge in [-0.3, -0.25) is 14.3 Å². The van der Waals surface area contributed by atoms with Gasteiger partial charge in [-0.05, 0) is 31.2 Å². The molecule has 2 aliphatic heterocycles. The minimum absolute atomic E-state index is 0.115. The number of halogens is 2. The first kappa shape index (κ1) is 14.6. The molecule has 5 rings (SSSR count). The summed E-state index contributed by atoms with van der Waals surface area (Å²) >= 11 is 0. The molecule has 2 aliphatic carbocycles. The fourth-order valence-corrected chi connectivity index (χ4v) is 3.95. The van der Waals surface area contributed by atoms with Gasteiger partial charge in [-0.1, -0.05) is 0 Å². The summed E-state index contributed by atoms with van der Waals surface area (Å²) in [5.74, 6) is -4.32. The number of carboxylic acids is 1. The smallest absolute Gasteiger partial charge is 0.308 e. The van der Waals surface area contributed by atoms with Crippen molar-refractivity contribution < 1.29 is 23.5 Å². The fourth-order valence-electron chi connectivity index (χ4n) is 3.95. The number of carbonyl (C=O) groups is 2. The van der Waals surface area contributed by atoms with Gasteiger partial charge >= 0.3 is 5.97 Å². The van der Waals surface area contributed by atoms with Crippen molar-refractivity contribution in [2.75, 3.05) is 6.54 Å². The van der Waals surface area contributed by atoms with Gasteiger partial charge in [-0.15, -0.1) is 0 Å². The highest BCUT2D eigenvalue weighted by Crippen LogP contribution is 2.52. The van der Waals surface area contributed by atoms with E-state index in [0.29, 0.717) is 19.4 Å². The third-order valence-electron chi connectivity index (χ3n) is 5.30. The van der Waals surface area contributed by atoms with Crippen LogP contribution in [0.15, 0.2) is 12.3 Å². The minimum atomic E-state index is -2.75. The molecule has 4 fully saturated rings. The summed E-state index contributed by atoms with van der Waals surface area (Å²) in [7, 11) is 0. The number of carboxylic acid groups (broad SMARTS) is 1. The van der Waals surface area contributed by atoms with Crippen LogP contribution >= 0.6 is 0 Å². The average molecular weight is 325 g/mol. The van der Waals surface area contributed by atoms with Crippen LogP contribution in [0.5, 0.6) is 0 Å². The van der Waals surface area contributed by atoms with Crippen molar-refractivity contribution in [2.45, 2.75) is 43.7 Å². The summed E-state index contributed by atoms with van der Waals surface area (Å²) in [6, 6.07) is 0.153. The Morgan fingerprint density at radius 3 is 2.70 bits per heavy atom. The van der Waals surface area contributed by atoms with E-state index in [1.165, 1.54) is 12.3 Å². The van der Waals surface area contributed by atoms with Crippen molar-refractivity contribution in [3.05, 3.63) is 18.0 Å². The Balaban J connectivity index is 1.54. The molecule has 3 heterocycles. The molecule has 124 valence electrons. The van der Waals surface area contributed by atoms with Crippen LogP contribution in [0.2, 0.25) is 0 Å².